The number of rotatable bonds is 4. The summed E-state index contributed by atoms with van der Waals surface area (Å²) in [6.45, 7) is 1.99. The van der Waals surface area contributed by atoms with Gasteiger partial charge in [0, 0.05) is 6.20 Å². The third kappa shape index (κ3) is 3.06. The fraction of sp³-hybridized carbons (Fsp3) is 0.200. The van der Waals surface area contributed by atoms with Crippen LogP contribution in [0.3, 0.4) is 0 Å². The number of anilines is 2. The third-order valence-electron chi connectivity index (χ3n) is 2.80. The molecule has 0 aliphatic carbocycles. The molecule has 0 spiro atoms. The van der Waals surface area contributed by atoms with Gasteiger partial charge in [0.2, 0.25) is 0 Å². The molecule has 0 amide bonds. The van der Waals surface area contributed by atoms with Crippen molar-refractivity contribution in [3.8, 4) is 5.75 Å². The van der Waals surface area contributed by atoms with E-state index in [0.717, 1.165) is 11.3 Å². The van der Waals surface area contributed by atoms with Gasteiger partial charge in [-0.1, -0.05) is 6.07 Å². The largest absolute Gasteiger partial charge is 0.495 e. The first kappa shape index (κ1) is 13.9. The number of nitrogens with one attached hydrogen (secondary N) is 1. The van der Waals surface area contributed by atoms with E-state index in [4.69, 9.17) is 4.74 Å². The number of carbonyl (C=O) groups is 1. The van der Waals surface area contributed by atoms with Crippen LogP contribution in [-0.4, -0.2) is 25.2 Å². The highest BCUT2D eigenvalue weighted by Gasteiger charge is 2.08. The molecule has 1 N–H and O–H groups in total. The van der Waals surface area contributed by atoms with Gasteiger partial charge in [0.05, 0.1) is 25.5 Å². The zero-order valence-corrected chi connectivity index (χ0v) is 11.6. The summed E-state index contributed by atoms with van der Waals surface area (Å²) >= 11 is 0. The standard InChI is InChI=1S/C15H16N2O3/c1-10-4-5-13(19-2)12(8-10)17-14-9-11(6-7-16-14)15(18)20-3/h4-9H,1-3H3,(H,16,17). The highest BCUT2D eigenvalue weighted by atomic mass is 16.5. The van der Waals surface area contributed by atoms with Gasteiger partial charge >= 0.3 is 5.97 Å². The second-order valence-corrected chi connectivity index (χ2v) is 4.25. The summed E-state index contributed by atoms with van der Waals surface area (Å²) in [6, 6.07) is 9.02. The van der Waals surface area contributed by atoms with Crippen LogP contribution < -0.4 is 10.1 Å². The molecule has 0 fully saturated rings. The van der Waals surface area contributed by atoms with Gasteiger partial charge in [0.25, 0.3) is 0 Å². The van der Waals surface area contributed by atoms with Crippen LogP contribution in [0, 0.1) is 6.92 Å². The molecule has 0 saturated carbocycles. The Hall–Kier alpha value is -2.56. The van der Waals surface area contributed by atoms with Crippen LogP contribution in [0.1, 0.15) is 15.9 Å². The number of methoxy groups -OCH3 is 2. The molecule has 1 aromatic carbocycles. The van der Waals surface area contributed by atoms with Crippen LogP contribution in [0.4, 0.5) is 11.5 Å². The van der Waals surface area contributed by atoms with Gasteiger partial charge in [0.15, 0.2) is 0 Å². The lowest BCUT2D eigenvalue weighted by atomic mass is 10.2. The molecule has 0 bridgehead atoms. The van der Waals surface area contributed by atoms with Crippen LogP contribution in [0.5, 0.6) is 5.75 Å². The van der Waals surface area contributed by atoms with Crippen molar-refractivity contribution in [2.45, 2.75) is 6.92 Å². The number of hydrogen-bond donors (Lipinski definition) is 1. The highest BCUT2D eigenvalue weighted by molar-refractivity contribution is 5.90. The minimum atomic E-state index is -0.397. The molecule has 104 valence electrons. The fourth-order valence-electron chi connectivity index (χ4n) is 1.80. The predicted octanol–water partition coefficient (Wildman–Crippen LogP) is 2.93. The summed E-state index contributed by atoms with van der Waals surface area (Å²) in [7, 11) is 2.95. The number of aryl methyl sites for hydroxylation is 1. The van der Waals surface area contributed by atoms with Gasteiger partial charge in [-0.05, 0) is 36.8 Å². The summed E-state index contributed by atoms with van der Waals surface area (Å²) in [5.41, 5.74) is 2.33. The normalized spacial score (nSPS) is 9.95. The molecule has 0 unspecified atom stereocenters. The van der Waals surface area contributed by atoms with E-state index in [9.17, 15) is 4.79 Å². The molecule has 0 atom stereocenters. The predicted molar refractivity (Wildman–Crippen MR) is 76.6 cm³/mol. The van der Waals surface area contributed by atoms with E-state index in [1.807, 2.05) is 25.1 Å². The second-order valence-electron chi connectivity index (χ2n) is 4.25. The molecule has 2 aromatic rings. The van der Waals surface area contributed by atoms with E-state index in [1.54, 1.807) is 25.4 Å². The molecule has 5 nitrogen and oxygen atoms in total. The second kappa shape index (κ2) is 6.06. The number of benzene rings is 1. The lowest BCUT2D eigenvalue weighted by molar-refractivity contribution is 0.0600. The van der Waals surface area contributed by atoms with Gasteiger partial charge in [-0.3, -0.25) is 0 Å². The van der Waals surface area contributed by atoms with Crippen LogP contribution in [0.25, 0.3) is 0 Å². The number of carbonyl (C=O) groups excluding carboxylic acids is 1. The van der Waals surface area contributed by atoms with Gasteiger partial charge < -0.3 is 14.8 Å². The van der Waals surface area contributed by atoms with E-state index >= 15 is 0 Å². The first-order chi connectivity index (χ1) is 9.63. The Morgan fingerprint density at radius 1 is 1.20 bits per heavy atom. The van der Waals surface area contributed by atoms with Crippen molar-refractivity contribution in [2.24, 2.45) is 0 Å². The van der Waals surface area contributed by atoms with Gasteiger partial charge in [-0.25, -0.2) is 9.78 Å². The maximum atomic E-state index is 11.5. The number of hydrogen-bond acceptors (Lipinski definition) is 5. The number of pyridine rings is 1. The Morgan fingerprint density at radius 2 is 2.00 bits per heavy atom. The average molecular weight is 272 g/mol. The first-order valence-corrected chi connectivity index (χ1v) is 6.10. The van der Waals surface area contributed by atoms with Crippen molar-refractivity contribution in [3.63, 3.8) is 0 Å². The first-order valence-electron chi connectivity index (χ1n) is 6.10. The SMILES string of the molecule is COC(=O)c1ccnc(Nc2cc(C)ccc2OC)c1. The number of nitrogens with zero attached hydrogens (tertiary/aromatic N) is 1. The Labute approximate surface area is 117 Å². The molecule has 20 heavy (non-hydrogen) atoms. The minimum Gasteiger partial charge on any atom is -0.495 e. The van der Waals surface area contributed by atoms with Crippen molar-refractivity contribution < 1.29 is 14.3 Å². The van der Waals surface area contributed by atoms with Crippen molar-refractivity contribution >= 4 is 17.5 Å². The maximum absolute atomic E-state index is 11.5. The van der Waals surface area contributed by atoms with Gasteiger partial charge in [-0.15, -0.1) is 0 Å². The molecular weight excluding hydrogens is 256 g/mol. The van der Waals surface area contributed by atoms with Crippen molar-refractivity contribution in [3.05, 3.63) is 47.7 Å². The lowest BCUT2D eigenvalue weighted by Gasteiger charge is -2.11. The van der Waals surface area contributed by atoms with Crippen LogP contribution in [-0.2, 0) is 4.74 Å². The molecule has 2 rings (SSSR count). The number of ether oxygens (including phenoxy) is 2. The lowest BCUT2D eigenvalue weighted by Crippen LogP contribution is -2.03. The van der Waals surface area contributed by atoms with Crippen molar-refractivity contribution in [1.29, 1.82) is 0 Å². The smallest absolute Gasteiger partial charge is 0.338 e. The van der Waals surface area contributed by atoms with Crippen LogP contribution in [0.15, 0.2) is 36.5 Å². The summed E-state index contributed by atoms with van der Waals surface area (Å²) < 4.78 is 9.98. The molecule has 0 radical (unpaired) electrons. The van der Waals surface area contributed by atoms with E-state index in [1.165, 1.54) is 7.11 Å². The monoisotopic (exact) mass is 272 g/mol. The van der Waals surface area contributed by atoms with Crippen LogP contribution in [0.2, 0.25) is 0 Å². The summed E-state index contributed by atoms with van der Waals surface area (Å²) in [5.74, 6) is 0.865. The number of esters is 1. The van der Waals surface area contributed by atoms with E-state index in [-0.39, 0.29) is 0 Å². The molecule has 0 aliphatic rings. The molecule has 5 heteroatoms. The van der Waals surface area contributed by atoms with Gasteiger partial charge in [-0.2, -0.15) is 0 Å². The minimum absolute atomic E-state index is 0.397. The highest BCUT2D eigenvalue weighted by Crippen LogP contribution is 2.28. The zero-order valence-electron chi connectivity index (χ0n) is 11.6. The van der Waals surface area contributed by atoms with Crippen molar-refractivity contribution in [1.82, 2.24) is 4.98 Å². The Balaban J connectivity index is 2.30. The molecule has 0 saturated heterocycles. The van der Waals surface area contributed by atoms with E-state index < -0.39 is 5.97 Å². The number of aromatic nitrogens is 1. The molecule has 1 aromatic heterocycles. The molecular formula is C15H16N2O3. The van der Waals surface area contributed by atoms with E-state index in [0.29, 0.717) is 17.1 Å². The Morgan fingerprint density at radius 3 is 2.70 bits per heavy atom. The Kier molecular flexibility index (Phi) is 4.20. The average Bonchev–Trinajstić information content (AvgIpc) is 2.47. The Bertz CT molecular complexity index is 626. The summed E-state index contributed by atoms with van der Waals surface area (Å²) in [6.07, 6.45) is 1.55. The maximum Gasteiger partial charge on any atom is 0.338 e. The topological polar surface area (TPSA) is 60.5 Å². The van der Waals surface area contributed by atoms with Gasteiger partial charge in [0.1, 0.15) is 11.6 Å². The zero-order chi connectivity index (χ0) is 14.5. The van der Waals surface area contributed by atoms with Crippen LogP contribution >= 0.6 is 0 Å². The fourth-order valence-corrected chi connectivity index (χ4v) is 1.80. The van der Waals surface area contributed by atoms with E-state index in [2.05, 4.69) is 15.0 Å². The third-order valence-corrected chi connectivity index (χ3v) is 2.80. The quantitative estimate of drug-likeness (QED) is 0.867. The molecule has 0 aliphatic heterocycles. The molecule has 1 heterocycles. The summed E-state index contributed by atoms with van der Waals surface area (Å²) in [4.78, 5) is 15.7. The summed E-state index contributed by atoms with van der Waals surface area (Å²) in [5, 5.41) is 3.14. The van der Waals surface area contributed by atoms with Crippen molar-refractivity contribution in [2.75, 3.05) is 19.5 Å².